The zero-order chi connectivity index (χ0) is 15.7. The number of carbonyl (C=O) groups is 1. The highest BCUT2D eigenvalue weighted by Crippen LogP contribution is 2.32. The average Bonchev–Trinajstić information content (AvgIpc) is 2.85. The second-order valence-corrected chi connectivity index (χ2v) is 5.28. The van der Waals surface area contributed by atoms with Crippen molar-refractivity contribution in [1.29, 1.82) is 0 Å². The van der Waals surface area contributed by atoms with E-state index < -0.39 is 6.67 Å². The first-order chi connectivity index (χ1) is 10.6. The number of fused-ring (bicyclic) bond motifs is 1. The summed E-state index contributed by atoms with van der Waals surface area (Å²) < 4.78 is 18.4. The van der Waals surface area contributed by atoms with Crippen molar-refractivity contribution in [3.05, 3.63) is 58.7 Å². The lowest BCUT2D eigenvalue weighted by molar-refractivity contribution is 0.0765. The van der Waals surface area contributed by atoms with Gasteiger partial charge in [-0.15, -0.1) is 0 Å². The molecular formula is C17H16FNO3. The summed E-state index contributed by atoms with van der Waals surface area (Å²) >= 11 is 0. The topological polar surface area (TPSA) is 49.8 Å². The second kappa shape index (κ2) is 5.67. The molecule has 1 aliphatic rings. The van der Waals surface area contributed by atoms with Crippen molar-refractivity contribution in [2.24, 2.45) is 0 Å². The molecule has 114 valence electrons. The summed E-state index contributed by atoms with van der Waals surface area (Å²) in [6.45, 7) is 0.152. The van der Waals surface area contributed by atoms with Gasteiger partial charge in [0, 0.05) is 13.1 Å². The monoisotopic (exact) mass is 301 g/mol. The number of ether oxygens (including phenoxy) is 1. The molecule has 22 heavy (non-hydrogen) atoms. The second-order valence-electron chi connectivity index (χ2n) is 5.28. The normalized spacial score (nSPS) is 13.4. The van der Waals surface area contributed by atoms with Gasteiger partial charge in [0.2, 0.25) is 0 Å². The van der Waals surface area contributed by atoms with Gasteiger partial charge in [0.15, 0.2) is 0 Å². The first kappa shape index (κ1) is 14.4. The predicted octanol–water partition coefficient (Wildman–Crippen LogP) is 3.03. The highest BCUT2D eigenvalue weighted by atomic mass is 19.1. The fraction of sp³-hybridized carbons (Fsp3) is 0.235. The molecule has 5 heteroatoms. The molecule has 2 aromatic rings. The Morgan fingerprint density at radius 1 is 1.27 bits per heavy atom. The van der Waals surface area contributed by atoms with E-state index in [9.17, 15) is 14.3 Å². The molecule has 0 fully saturated rings. The van der Waals surface area contributed by atoms with Crippen molar-refractivity contribution >= 4 is 5.91 Å². The number of phenolic OH excluding ortho intramolecular Hbond substituents is 1. The number of benzene rings is 2. The summed E-state index contributed by atoms with van der Waals surface area (Å²) in [7, 11) is 1.52. The molecular weight excluding hydrogens is 285 g/mol. The zero-order valence-electron chi connectivity index (χ0n) is 12.2. The van der Waals surface area contributed by atoms with E-state index in [1.165, 1.54) is 7.11 Å². The first-order valence-electron chi connectivity index (χ1n) is 6.95. The van der Waals surface area contributed by atoms with Crippen LogP contribution in [0.3, 0.4) is 0 Å². The lowest BCUT2D eigenvalue weighted by Gasteiger charge is -2.15. The number of halogens is 1. The average molecular weight is 301 g/mol. The van der Waals surface area contributed by atoms with Crippen molar-refractivity contribution in [3.63, 3.8) is 0 Å². The first-order valence-corrected chi connectivity index (χ1v) is 6.95. The van der Waals surface area contributed by atoms with Crippen LogP contribution in [0.4, 0.5) is 4.39 Å². The van der Waals surface area contributed by atoms with Crippen LogP contribution in [0.15, 0.2) is 36.4 Å². The van der Waals surface area contributed by atoms with Crippen molar-refractivity contribution < 1.29 is 19.0 Å². The van der Waals surface area contributed by atoms with Crippen molar-refractivity contribution in [2.75, 3.05) is 7.11 Å². The minimum absolute atomic E-state index is 0.168. The summed E-state index contributed by atoms with van der Waals surface area (Å²) in [6.07, 6.45) is 0. The number of carbonyl (C=O) groups excluding carboxylic acids is 1. The Kier molecular flexibility index (Phi) is 3.71. The van der Waals surface area contributed by atoms with Crippen LogP contribution in [-0.4, -0.2) is 23.0 Å². The number of hydrogen-bond acceptors (Lipinski definition) is 3. The molecule has 1 amide bonds. The molecule has 1 N–H and O–H groups in total. The molecule has 0 saturated carbocycles. The van der Waals surface area contributed by atoms with E-state index in [-0.39, 0.29) is 11.7 Å². The molecule has 3 rings (SSSR count). The van der Waals surface area contributed by atoms with Crippen molar-refractivity contribution in [3.8, 4) is 11.5 Å². The summed E-state index contributed by atoms with van der Waals surface area (Å²) in [4.78, 5) is 14.2. The third-order valence-corrected chi connectivity index (χ3v) is 3.83. The van der Waals surface area contributed by atoms with E-state index in [0.717, 1.165) is 11.1 Å². The summed E-state index contributed by atoms with van der Waals surface area (Å²) in [5.41, 5.74) is 2.51. The van der Waals surface area contributed by atoms with Gasteiger partial charge in [0.05, 0.1) is 12.7 Å². The van der Waals surface area contributed by atoms with Crippen molar-refractivity contribution in [1.82, 2.24) is 4.90 Å². The largest absolute Gasteiger partial charge is 0.508 e. The molecule has 0 aromatic heterocycles. The fourth-order valence-electron chi connectivity index (χ4n) is 2.74. The summed E-state index contributed by atoms with van der Waals surface area (Å²) in [6, 6.07) is 10.0. The van der Waals surface area contributed by atoms with Gasteiger partial charge in [-0.2, -0.15) is 0 Å². The van der Waals surface area contributed by atoms with Crippen LogP contribution in [0.25, 0.3) is 0 Å². The maximum atomic E-state index is 13.2. The quantitative estimate of drug-likeness (QED) is 0.944. The van der Waals surface area contributed by atoms with E-state index in [1.54, 1.807) is 41.3 Å². The smallest absolute Gasteiger partial charge is 0.255 e. The molecule has 0 unspecified atom stereocenters. The van der Waals surface area contributed by atoms with E-state index in [2.05, 4.69) is 0 Å². The molecule has 0 spiro atoms. The standard InChI is InChI=1S/C17H16FNO3/c1-22-15-6-12(8-18)16-13(7-15)10-19(17(16)21)9-11-2-4-14(20)5-3-11/h2-7,20H,8-10H2,1H3. The molecule has 2 aromatic carbocycles. The van der Waals surface area contributed by atoms with Gasteiger partial charge < -0.3 is 14.7 Å². The molecule has 1 heterocycles. The molecule has 0 radical (unpaired) electrons. The molecule has 0 atom stereocenters. The van der Waals surface area contributed by atoms with Gasteiger partial charge in [0.25, 0.3) is 5.91 Å². The highest BCUT2D eigenvalue weighted by molar-refractivity contribution is 6.00. The Morgan fingerprint density at radius 2 is 2.00 bits per heavy atom. The Labute approximate surface area is 127 Å². The zero-order valence-corrected chi connectivity index (χ0v) is 12.2. The molecule has 0 saturated heterocycles. The number of nitrogens with zero attached hydrogens (tertiary/aromatic N) is 1. The third kappa shape index (κ3) is 2.50. The highest BCUT2D eigenvalue weighted by Gasteiger charge is 2.30. The number of hydrogen-bond donors (Lipinski definition) is 1. The van der Waals surface area contributed by atoms with E-state index in [0.29, 0.717) is 30.0 Å². The Bertz CT molecular complexity index is 713. The van der Waals surface area contributed by atoms with Crippen LogP contribution < -0.4 is 4.74 Å². The Morgan fingerprint density at radius 3 is 2.64 bits per heavy atom. The minimum Gasteiger partial charge on any atom is -0.508 e. The lowest BCUT2D eigenvalue weighted by atomic mass is 10.0. The van der Waals surface area contributed by atoms with Gasteiger partial charge in [-0.25, -0.2) is 4.39 Å². The SMILES string of the molecule is COc1cc(CF)c2c(c1)CN(Cc1ccc(O)cc1)C2=O. The van der Waals surface area contributed by atoms with Crippen LogP contribution in [0.2, 0.25) is 0 Å². The van der Waals surface area contributed by atoms with E-state index in [4.69, 9.17) is 4.74 Å². The van der Waals surface area contributed by atoms with Gasteiger partial charge in [-0.3, -0.25) is 4.79 Å². The van der Waals surface area contributed by atoms with Gasteiger partial charge in [0.1, 0.15) is 18.2 Å². The maximum Gasteiger partial charge on any atom is 0.255 e. The lowest BCUT2D eigenvalue weighted by Crippen LogP contribution is -2.23. The molecule has 4 nitrogen and oxygen atoms in total. The van der Waals surface area contributed by atoms with Crippen LogP contribution in [-0.2, 0) is 19.8 Å². The summed E-state index contributed by atoms with van der Waals surface area (Å²) in [5, 5.41) is 9.30. The molecule has 0 bridgehead atoms. The molecule has 1 aliphatic heterocycles. The van der Waals surface area contributed by atoms with Crippen LogP contribution in [0.5, 0.6) is 11.5 Å². The van der Waals surface area contributed by atoms with E-state index >= 15 is 0 Å². The third-order valence-electron chi connectivity index (χ3n) is 3.83. The minimum atomic E-state index is -0.696. The number of amides is 1. The van der Waals surface area contributed by atoms with Gasteiger partial charge >= 0.3 is 0 Å². The number of methoxy groups -OCH3 is 1. The molecule has 0 aliphatic carbocycles. The number of phenols is 1. The van der Waals surface area contributed by atoms with E-state index in [1.807, 2.05) is 0 Å². The number of alkyl halides is 1. The number of aromatic hydroxyl groups is 1. The Hall–Kier alpha value is -2.56. The van der Waals surface area contributed by atoms with Crippen LogP contribution in [0, 0.1) is 0 Å². The number of rotatable bonds is 4. The summed E-state index contributed by atoms with van der Waals surface area (Å²) in [5.74, 6) is 0.577. The van der Waals surface area contributed by atoms with Gasteiger partial charge in [-0.1, -0.05) is 12.1 Å². The fourth-order valence-corrected chi connectivity index (χ4v) is 2.74. The predicted molar refractivity (Wildman–Crippen MR) is 79.5 cm³/mol. The van der Waals surface area contributed by atoms with Crippen molar-refractivity contribution in [2.45, 2.75) is 19.8 Å². The van der Waals surface area contributed by atoms with Crippen LogP contribution in [0.1, 0.15) is 27.0 Å². The maximum absolute atomic E-state index is 13.2. The van der Waals surface area contributed by atoms with Gasteiger partial charge in [-0.05, 0) is 41.0 Å². The van der Waals surface area contributed by atoms with Crippen LogP contribution >= 0.6 is 0 Å². The Balaban J connectivity index is 1.88.